The molecule has 3 aromatic rings. The minimum absolute atomic E-state index is 0.00164. The molecule has 0 fully saturated rings. The Labute approximate surface area is 126 Å². The van der Waals surface area contributed by atoms with Crippen molar-refractivity contribution in [1.82, 2.24) is 4.98 Å². The number of hydrogen-bond donors (Lipinski definition) is 2. The third-order valence-corrected chi connectivity index (χ3v) is 3.27. The number of nitrogens with zero attached hydrogens (tertiary/aromatic N) is 1. The number of aromatic carboxylic acids is 1. The maximum atomic E-state index is 11.2. The first-order valence-corrected chi connectivity index (χ1v) is 6.67. The van der Waals surface area contributed by atoms with Gasteiger partial charge in [-0.15, -0.1) is 0 Å². The van der Waals surface area contributed by atoms with E-state index >= 15 is 0 Å². The number of nitrogens with one attached hydrogen (secondary N) is 1. The van der Waals surface area contributed by atoms with Gasteiger partial charge in [0.05, 0.1) is 11.2 Å². The molecule has 2 aromatic carbocycles. The lowest BCUT2D eigenvalue weighted by Crippen LogP contribution is -2.02. The molecular weight excluding hydrogens is 288 g/mol. The molecule has 0 radical (unpaired) electrons. The largest absolute Gasteiger partial charge is 0.477 e. The van der Waals surface area contributed by atoms with Crippen molar-refractivity contribution < 1.29 is 9.90 Å². The minimum Gasteiger partial charge on any atom is -0.477 e. The van der Waals surface area contributed by atoms with Crippen LogP contribution in [0.5, 0.6) is 0 Å². The van der Waals surface area contributed by atoms with E-state index in [1.165, 1.54) is 6.07 Å². The van der Waals surface area contributed by atoms with Gasteiger partial charge < -0.3 is 10.4 Å². The Morgan fingerprint density at radius 1 is 1.10 bits per heavy atom. The number of carbonyl (C=O) groups is 1. The first-order chi connectivity index (χ1) is 10.1. The van der Waals surface area contributed by atoms with Crippen LogP contribution in [0.4, 0.5) is 11.4 Å². The molecule has 4 nitrogen and oxygen atoms in total. The highest BCUT2D eigenvalue weighted by Crippen LogP contribution is 2.27. The lowest BCUT2D eigenvalue weighted by Gasteiger charge is -2.11. The van der Waals surface area contributed by atoms with E-state index in [0.717, 1.165) is 11.1 Å². The van der Waals surface area contributed by atoms with Gasteiger partial charge in [0, 0.05) is 16.1 Å². The summed E-state index contributed by atoms with van der Waals surface area (Å²) < 4.78 is 0. The quantitative estimate of drug-likeness (QED) is 0.755. The standard InChI is InChI=1S/C16H11ClN2O2/c17-10-4-3-5-11(8-10)18-14-9-15(16(20)21)19-13-7-2-1-6-12(13)14/h1-9H,(H,18,19)(H,20,21). The van der Waals surface area contributed by atoms with Crippen molar-refractivity contribution >= 4 is 39.8 Å². The van der Waals surface area contributed by atoms with Crippen LogP contribution in [0.2, 0.25) is 5.02 Å². The van der Waals surface area contributed by atoms with Gasteiger partial charge in [0.15, 0.2) is 5.69 Å². The van der Waals surface area contributed by atoms with E-state index in [4.69, 9.17) is 16.7 Å². The van der Waals surface area contributed by atoms with Crippen LogP contribution < -0.4 is 5.32 Å². The van der Waals surface area contributed by atoms with E-state index in [0.29, 0.717) is 16.2 Å². The second-order valence-corrected chi connectivity index (χ2v) is 4.95. The lowest BCUT2D eigenvalue weighted by molar-refractivity contribution is 0.0691. The first-order valence-electron chi connectivity index (χ1n) is 6.29. The van der Waals surface area contributed by atoms with Crippen LogP contribution in [0.1, 0.15) is 10.5 Å². The van der Waals surface area contributed by atoms with Gasteiger partial charge in [-0.1, -0.05) is 35.9 Å². The van der Waals surface area contributed by atoms with E-state index in [1.807, 2.05) is 30.3 Å². The number of rotatable bonds is 3. The Morgan fingerprint density at radius 3 is 2.67 bits per heavy atom. The molecule has 0 aliphatic carbocycles. The van der Waals surface area contributed by atoms with Gasteiger partial charge in [-0.25, -0.2) is 9.78 Å². The monoisotopic (exact) mass is 298 g/mol. The Morgan fingerprint density at radius 2 is 1.90 bits per heavy atom. The van der Waals surface area contributed by atoms with Crippen molar-refractivity contribution in [3.63, 3.8) is 0 Å². The summed E-state index contributed by atoms with van der Waals surface area (Å²) in [5.74, 6) is -1.06. The van der Waals surface area contributed by atoms with Crippen LogP contribution in [0.3, 0.4) is 0 Å². The molecule has 0 aliphatic rings. The summed E-state index contributed by atoms with van der Waals surface area (Å²) in [7, 11) is 0. The number of carboxylic acid groups (broad SMARTS) is 1. The zero-order valence-electron chi connectivity index (χ0n) is 10.9. The zero-order valence-corrected chi connectivity index (χ0v) is 11.6. The second kappa shape index (κ2) is 5.42. The number of para-hydroxylation sites is 1. The molecule has 5 heteroatoms. The SMILES string of the molecule is O=C(O)c1cc(Nc2cccc(Cl)c2)c2ccccc2n1. The molecule has 0 aliphatic heterocycles. The molecule has 0 bridgehead atoms. The summed E-state index contributed by atoms with van der Waals surface area (Å²) >= 11 is 5.96. The molecule has 0 saturated carbocycles. The van der Waals surface area contributed by atoms with Crippen molar-refractivity contribution in [2.75, 3.05) is 5.32 Å². The Kier molecular flexibility index (Phi) is 3.46. The zero-order chi connectivity index (χ0) is 14.8. The summed E-state index contributed by atoms with van der Waals surface area (Å²) in [6.07, 6.45) is 0. The molecule has 1 aromatic heterocycles. The molecule has 0 spiro atoms. The summed E-state index contributed by atoms with van der Waals surface area (Å²) in [4.78, 5) is 15.3. The van der Waals surface area contributed by atoms with Gasteiger partial charge in [-0.05, 0) is 30.3 Å². The molecule has 3 rings (SSSR count). The topological polar surface area (TPSA) is 62.2 Å². The molecule has 0 atom stereocenters. The maximum absolute atomic E-state index is 11.2. The highest BCUT2D eigenvalue weighted by atomic mass is 35.5. The predicted molar refractivity (Wildman–Crippen MR) is 83.4 cm³/mol. The van der Waals surface area contributed by atoms with Gasteiger partial charge >= 0.3 is 5.97 Å². The molecule has 2 N–H and O–H groups in total. The number of fused-ring (bicyclic) bond motifs is 1. The fourth-order valence-corrected chi connectivity index (χ4v) is 2.30. The number of anilines is 2. The predicted octanol–water partition coefficient (Wildman–Crippen LogP) is 4.33. The van der Waals surface area contributed by atoms with Crippen molar-refractivity contribution in [2.45, 2.75) is 0 Å². The third-order valence-electron chi connectivity index (χ3n) is 3.04. The molecule has 0 saturated heterocycles. The van der Waals surface area contributed by atoms with Crippen LogP contribution in [-0.2, 0) is 0 Å². The van der Waals surface area contributed by atoms with Crippen molar-refractivity contribution in [2.24, 2.45) is 0 Å². The summed E-state index contributed by atoms with van der Waals surface area (Å²) in [6, 6.07) is 16.1. The highest BCUT2D eigenvalue weighted by molar-refractivity contribution is 6.30. The highest BCUT2D eigenvalue weighted by Gasteiger charge is 2.10. The minimum atomic E-state index is -1.06. The van der Waals surface area contributed by atoms with Crippen LogP contribution in [0.15, 0.2) is 54.6 Å². The summed E-state index contributed by atoms with van der Waals surface area (Å²) in [6.45, 7) is 0. The van der Waals surface area contributed by atoms with Crippen molar-refractivity contribution in [3.8, 4) is 0 Å². The number of benzene rings is 2. The molecule has 0 amide bonds. The van der Waals surface area contributed by atoms with Crippen LogP contribution in [-0.4, -0.2) is 16.1 Å². The molecule has 0 unspecified atom stereocenters. The number of pyridine rings is 1. The summed E-state index contributed by atoms with van der Waals surface area (Å²) in [5.41, 5.74) is 2.09. The van der Waals surface area contributed by atoms with Crippen LogP contribution in [0.25, 0.3) is 10.9 Å². The van der Waals surface area contributed by atoms with Crippen LogP contribution in [0, 0.1) is 0 Å². The fraction of sp³-hybridized carbons (Fsp3) is 0. The van der Waals surface area contributed by atoms with E-state index < -0.39 is 5.97 Å². The molecular formula is C16H11ClN2O2. The fourth-order valence-electron chi connectivity index (χ4n) is 2.11. The Hall–Kier alpha value is -2.59. The normalized spacial score (nSPS) is 10.5. The third kappa shape index (κ3) is 2.80. The maximum Gasteiger partial charge on any atom is 0.354 e. The van der Waals surface area contributed by atoms with Gasteiger partial charge in [0.1, 0.15) is 0 Å². The number of halogens is 1. The smallest absolute Gasteiger partial charge is 0.354 e. The molecule has 1 heterocycles. The molecule has 21 heavy (non-hydrogen) atoms. The van der Waals surface area contributed by atoms with E-state index in [1.54, 1.807) is 18.2 Å². The van der Waals surface area contributed by atoms with E-state index in [9.17, 15) is 4.79 Å². The van der Waals surface area contributed by atoms with Gasteiger partial charge in [0.25, 0.3) is 0 Å². The molecule has 104 valence electrons. The van der Waals surface area contributed by atoms with Crippen LogP contribution >= 0.6 is 11.6 Å². The van der Waals surface area contributed by atoms with Crippen molar-refractivity contribution in [3.05, 3.63) is 65.3 Å². The average molecular weight is 299 g/mol. The Bertz CT molecular complexity index is 833. The van der Waals surface area contributed by atoms with Gasteiger partial charge in [-0.2, -0.15) is 0 Å². The van der Waals surface area contributed by atoms with E-state index in [2.05, 4.69) is 10.3 Å². The van der Waals surface area contributed by atoms with Crippen molar-refractivity contribution in [1.29, 1.82) is 0 Å². The van der Waals surface area contributed by atoms with Gasteiger partial charge in [0.2, 0.25) is 0 Å². The average Bonchev–Trinajstić information content (AvgIpc) is 2.47. The number of hydrogen-bond acceptors (Lipinski definition) is 3. The Balaban J connectivity index is 2.13. The lowest BCUT2D eigenvalue weighted by atomic mass is 10.1. The second-order valence-electron chi connectivity index (χ2n) is 4.51. The van der Waals surface area contributed by atoms with Gasteiger partial charge in [-0.3, -0.25) is 0 Å². The first kappa shape index (κ1) is 13.4. The van der Waals surface area contributed by atoms with E-state index in [-0.39, 0.29) is 5.69 Å². The number of aromatic nitrogens is 1. The summed E-state index contributed by atoms with van der Waals surface area (Å²) in [5, 5.41) is 13.8. The number of carboxylic acids is 1.